The Labute approximate surface area is 113 Å². The number of rotatable bonds is 7. The van der Waals surface area contributed by atoms with Crippen LogP contribution in [0.5, 0.6) is 0 Å². The molecule has 0 radical (unpaired) electrons. The molecule has 19 heavy (non-hydrogen) atoms. The predicted octanol–water partition coefficient (Wildman–Crippen LogP) is 1.95. The standard InChI is InChI=1S/C13H19NO4S/c1-10(2)11-5-3-6-12(9-11)19(17,18)14-8-4-7-13(15)16/h3,5-6,9-10,14H,4,7-8H2,1-2H3,(H,15,16). The maximum absolute atomic E-state index is 12.0. The van der Waals surface area contributed by atoms with Crippen LogP contribution in [0.25, 0.3) is 0 Å². The Morgan fingerprint density at radius 3 is 2.63 bits per heavy atom. The molecule has 1 aromatic carbocycles. The lowest BCUT2D eigenvalue weighted by atomic mass is 10.0. The number of hydrogen-bond donors (Lipinski definition) is 2. The molecule has 5 nitrogen and oxygen atoms in total. The number of carboxylic acids is 1. The third-order valence-corrected chi connectivity index (χ3v) is 4.15. The van der Waals surface area contributed by atoms with E-state index in [9.17, 15) is 13.2 Å². The Morgan fingerprint density at radius 2 is 2.05 bits per heavy atom. The smallest absolute Gasteiger partial charge is 0.303 e. The van der Waals surface area contributed by atoms with Gasteiger partial charge in [-0.3, -0.25) is 4.79 Å². The van der Waals surface area contributed by atoms with Crippen molar-refractivity contribution in [3.8, 4) is 0 Å². The third kappa shape index (κ3) is 5.00. The number of hydrogen-bond acceptors (Lipinski definition) is 3. The molecule has 1 aromatic rings. The highest BCUT2D eigenvalue weighted by molar-refractivity contribution is 7.89. The van der Waals surface area contributed by atoms with E-state index in [0.29, 0.717) is 0 Å². The fourth-order valence-electron chi connectivity index (χ4n) is 1.57. The van der Waals surface area contributed by atoms with Crippen molar-refractivity contribution in [1.82, 2.24) is 4.72 Å². The number of nitrogens with one attached hydrogen (secondary N) is 1. The average molecular weight is 285 g/mol. The molecule has 0 heterocycles. The van der Waals surface area contributed by atoms with Crippen molar-refractivity contribution in [2.75, 3.05) is 6.54 Å². The fourth-order valence-corrected chi connectivity index (χ4v) is 2.70. The molecule has 2 N–H and O–H groups in total. The van der Waals surface area contributed by atoms with E-state index in [4.69, 9.17) is 5.11 Å². The molecular weight excluding hydrogens is 266 g/mol. The number of carbonyl (C=O) groups is 1. The Kier molecular flexibility index (Phi) is 5.50. The lowest BCUT2D eigenvalue weighted by molar-refractivity contribution is -0.137. The molecule has 0 atom stereocenters. The Balaban J connectivity index is 2.72. The van der Waals surface area contributed by atoms with Gasteiger partial charge in [0.1, 0.15) is 0 Å². The summed E-state index contributed by atoms with van der Waals surface area (Å²) >= 11 is 0. The zero-order valence-electron chi connectivity index (χ0n) is 11.1. The SMILES string of the molecule is CC(C)c1cccc(S(=O)(=O)NCCCC(=O)O)c1. The Bertz CT molecular complexity index is 537. The summed E-state index contributed by atoms with van der Waals surface area (Å²) in [6, 6.07) is 6.77. The van der Waals surface area contributed by atoms with Gasteiger partial charge in [-0.15, -0.1) is 0 Å². The molecule has 0 aliphatic rings. The highest BCUT2D eigenvalue weighted by Gasteiger charge is 2.14. The summed E-state index contributed by atoms with van der Waals surface area (Å²) in [6.45, 7) is 4.11. The van der Waals surface area contributed by atoms with Gasteiger partial charge in [0.25, 0.3) is 0 Å². The quantitative estimate of drug-likeness (QED) is 0.750. The van der Waals surface area contributed by atoms with E-state index in [0.717, 1.165) is 5.56 Å². The molecule has 0 bridgehead atoms. The van der Waals surface area contributed by atoms with E-state index < -0.39 is 16.0 Å². The van der Waals surface area contributed by atoms with Crippen molar-refractivity contribution < 1.29 is 18.3 Å². The molecule has 1 rings (SSSR count). The zero-order valence-corrected chi connectivity index (χ0v) is 11.9. The largest absolute Gasteiger partial charge is 0.481 e. The van der Waals surface area contributed by atoms with Gasteiger partial charge < -0.3 is 5.11 Å². The van der Waals surface area contributed by atoms with Crippen LogP contribution in [0.4, 0.5) is 0 Å². The number of sulfonamides is 1. The molecule has 0 unspecified atom stereocenters. The normalized spacial score (nSPS) is 11.7. The van der Waals surface area contributed by atoms with Crippen LogP contribution in [0.15, 0.2) is 29.2 Å². The number of benzene rings is 1. The van der Waals surface area contributed by atoms with Crippen LogP contribution in [0, 0.1) is 0 Å². The highest BCUT2D eigenvalue weighted by Crippen LogP contribution is 2.18. The van der Waals surface area contributed by atoms with Gasteiger partial charge in [-0.05, 0) is 30.0 Å². The maximum atomic E-state index is 12.0. The topological polar surface area (TPSA) is 83.5 Å². The van der Waals surface area contributed by atoms with Crippen LogP contribution in [-0.2, 0) is 14.8 Å². The minimum absolute atomic E-state index is 0.0471. The van der Waals surface area contributed by atoms with Gasteiger partial charge in [-0.2, -0.15) is 0 Å². The Hall–Kier alpha value is -1.40. The maximum Gasteiger partial charge on any atom is 0.303 e. The summed E-state index contributed by atoms with van der Waals surface area (Å²) in [4.78, 5) is 10.6. The highest BCUT2D eigenvalue weighted by atomic mass is 32.2. The van der Waals surface area contributed by atoms with Gasteiger partial charge in [0, 0.05) is 13.0 Å². The minimum Gasteiger partial charge on any atom is -0.481 e. The van der Waals surface area contributed by atoms with Crippen molar-refractivity contribution in [3.05, 3.63) is 29.8 Å². The van der Waals surface area contributed by atoms with Gasteiger partial charge in [-0.1, -0.05) is 26.0 Å². The van der Waals surface area contributed by atoms with Crippen LogP contribution in [0.3, 0.4) is 0 Å². The number of carboxylic acid groups (broad SMARTS) is 1. The first-order valence-corrected chi connectivity index (χ1v) is 7.62. The van der Waals surface area contributed by atoms with Crippen LogP contribution in [-0.4, -0.2) is 26.0 Å². The molecule has 6 heteroatoms. The summed E-state index contributed by atoms with van der Waals surface area (Å²) < 4.78 is 26.4. The summed E-state index contributed by atoms with van der Waals surface area (Å²) in [5, 5.41) is 8.48. The van der Waals surface area contributed by atoms with Crippen molar-refractivity contribution in [1.29, 1.82) is 0 Å². The molecular formula is C13H19NO4S. The molecule has 0 aromatic heterocycles. The second kappa shape index (κ2) is 6.68. The predicted molar refractivity (Wildman–Crippen MR) is 72.6 cm³/mol. The van der Waals surface area contributed by atoms with E-state index in [-0.39, 0.29) is 30.2 Å². The van der Waals surface area contributed by atoms with E-state index in [1.54, 1.807) is 12.1 Å². The molecule has 0 aliphatic carbocycles. The van der Waals surface area contributed by atoms with Gasteiger partial charge in [0.05, 0.1) is 4.90 Å². The van der Waals surface area contributed by atoms with Gasteiger partial charge in [0.2, 0.25) is 10.0 Å². The van der Waals surface area contributed by atoms with Crippen LogP contribution in [0.1, 0.15) is 38.2 Å². The zero-order chi connectivity index (χ0) is 14.5. The molecule has 106 valence electrons. The van der Waals surface area contributed by atoms with Crippen LogP contribution >= 0.6 is 0 Å². The first kappa shape index (κ1) is 15.7. The van der Waals surface area contributed by atoms with Crippen LogP contribution < -0.4 is 4.72 Å². The molecule has 0 saturated heterocycles. The van der Waals surface area contributed by atoms with Crippen molar-refractivity contribution in [2.24, 2.45) is 0 Å². The van der Waals surface area contributed by atoms with Gasteiger partial charge in [-0.25, -0.2) is 13.1 Å². The van der Waals surface area contributed by atoms with E-state index in [2.05, 4.69) is 4.72 Å². The average Bonchev–Trinajstić information content (AvgIpc) is 2.34. The van der Waals surface area contributed by atoms with Gasteiger partial charge >= 0.3 is 5.97 Å². The van der Waals surface area contributed by atoms with Gasteiger partial charge in [0.15, 0.2) is 0 Å². The summed E-state index contributed by atoms with van der Waals surface area (Å²) in [5.41, 5.74) is 0.952. The first-order chi connectivity index (χ1) is 8.83. The molecule has 0 saturated carbocycles. The van der Waals surface area contributed by atoms with E-state index in [1.165, 1.54) is 6.07 Å². The van der Waals surface area contributed by atoms with Crippen molar-refractivity contribution in [3.63, 3.8) is 0 Å². The van der Waals surface area contributed by atoms with E-state index in [1.807, 2.05) is 19.9 Å². The molecule has 0 aliphatic heterocycles. The Morgan fingerprint density at radius 1 is 1.37 bits per heavy atom. The number of aliphatic carboxylic acids is 1. The summed E-state index contributed by atoms with van der Waals surface area (Å²) in [7, 11) is -3.56. The lowest BCUT2D eigenvalue weighted by Crippen LogP contribution is -2.25. The fraction of sp³-hybridized carbons (Fsp3) is 0.462. The summed E-state index contributed by atoms with van der Waals surface area (Å²) in [6.07, 6.45) is 0.229. The summed E-state index contributed by atoms with van der Waals surface area (Å²) in [5.74, 6) is -0.678. The second-order valence-electron chi connectivity index (χ2n) is 4.62. The van der Waals surface area contributed by atoms with Crippen LogP contribution in [0.2, 0.25) is 0 Å². The lowest BCUT2D eigenvalue weighted by Gasteiger charge is -2.09. The first-order valence-electron chi connectivity index (χ1n) is 6.14. The van der Waals surface area contributed by atoms with Crippen molar-refractivity contribution in [2.45, 2.75) is 37.5 Å². The molecule has 0 amide bonds. The monoisotopic (exact) mass is 285 g/mol. The molecule has 0 spiro atoms. The second-order valence-corrected chi connectivity index (χ2v) is 6.39. The molecule has 0 fully saturated rings. The van der Waals surface area contributed by atoms with E-state index >= 15 is 0 Å². The third-order valence-electron chi connectivity index (χ3n) is 2.69. The minimum atomic E-state index is -3.56. The van der Waals surface area contributed by atoms with Crippen molar-refractivity contribution >= 4 is 16.0 Å².